The molecule has 1 amide bonds. The predicted octanol–water partition coefficient (Wildman–Crippen LogP) is 6.53. The Morgan fingerprint density at radius 1 is 1.14 bits per heavy atom. The van der Waals surface area contributed by atoms with Crippen molar-refractivity contribution in [1.29, 1.82) is 0 Å². The molecule has 226 valence electrons. The highest BCUT2D eigenvalue weighted by molar-refractivity contribution is 7.90. The highest BCUT2D eigenvalue weighted by Gasteiger charge is 2.31. The summed E-state index contributed by atoms with van der Waals surface area (Å²) in [4.78, 5) is 34.4. The molecule has 0 radical (unpaired) electrons. The first kappa shape index (κ1) is 29.8. The van der Waals surface area contributed by atoms with Crippen LogP contribution in [0.15, 0.2) is 76.3 Å². The molecular formula is C31H28ClFN4O5SSi. The molecule has 44 heavy (non-hydrogen) atoms. The maximum Gasteiger partial charge on any atom is 0.282 e. The lowest BCUT2D eigenvalue weighted by atomic mass is 10.0. The topological polar surface area (TPSA) is 127 Å². The van der Waals surface area contributed by atoms with Gasteiger partial charge in [-0.05, 0) is 42.4 Å². The quantitative estimate of drug-likeness (QED) is 0.142. The first-order chi connectivity index (χ1) is 20.8. The molecule has 0 saturated heterocycles. The van der Waals surface area contributed by atoms with Crippen LogP contribution in [0.4, 0.5) is 4.39 Å². The van der Waals surface area contributed by atoms with Crippen LogP contribution in [0.1, 0.15) is 16.1 Å². The zero-order chi connectivity index (χ0) is 31.4. The van der Waals surface area contributed by atoms with Gasteiger partial charge < -0.3 is 14.0 Å². The van der Waals surface area contributed by atoms with Crippen LogP contribution in [-0.2, 0) is 16.6 Å². The maximum absolute atomic E-state index is 15.5. The second kappa shape index (κ2) is 11.0. The number of nitrogens with one attached hydrogen (secondary N) is 2. The van der Waals surface area contributed by atoms with Crippen LogP contribution in [0.5, 0.6) is 0 Å². The van der Waals surface area contributed by atoms with E-state index in [1.165, 1.54) is 35.2 Å². The van der Waals surface area contributed by atoms with Gasteiger partial charge in [-0.1, -0.05) is 49.4 Å². The number of amides is 1. The van der Waals surface area contributed by atoms with E-state index >= 15 is 4.39 Å². The average Bonchev–Trinajstić information content (AvgIpc) is 3.56. The molecule has 0 spiro atoms. The minimum absolute atomic E-state index is 0.0768. The predicted molar refractivity (Wildman–Crippen MR) is 173 cm³/mol. The van der Waals surface area contributed by atoms with Gasteiger partial charge in [-0.2, -0.15) is 0 Å². The van der Waals surface area contributed by atoms with Gasteiger partial charge in [0, 0.05) is 30.8 Å². The van der Waals surface area contributed by atoms with Crippen LogP contribution in [0.3, 0.4) is 0 Å². The monoisotopic (exact) mass is 650 g/mol. The molecule has 0 bridgehead atoms. The Bertz CT molecular complexity index is 2270. The summed E-state index contributed by atoms with van der Waals surface area (Å²) < 4.78 is 51.3. The number of pyridine rings is 2. The Labute approximate surface area is 257 Å². The second-order valence-electron chi connectivity index (χ2n) is 11.8. The molecule has 0 aliphatic rings. The fourth-order valence-electron chi connectivity index (χ4n) is 5.29. The van der Waals surface area contributed by atoms with Crippen LogP contribution in [-0.4, -0.2) is 42.7 Å². The minimum Gasteiger partial charge on any atom is -0.463 e. The van der Waals surface area contributed by atoms with Gasteiger partial charge in [0.25, 0.3) is 11.5 Å². The fraction of sp³-hybridized carbons (Fsp3) is 0.194. The summed E-state index contributed by atoms with van der Waals surface area (Å²) in [6.45, 7) is 6.01. The number of rotatable bonds is 8. The third-order valence-corrected chi connectivity index (χ3v) is 11.1. The summed E-state index contributed by atoms with van der Waals surface area (Å²) in [5.41, 5.74) is 0.943. The van der Waals surface area contributed by atoms with Gasteiger partial charge in [-0.3, -0.25) is 9.59 Å². The summed E-state index contributed by atoms with van der Waals surface area (Å²) >= 11 is 6.62. The van der Waals surface area contributed by atoms with Crippen molar-refractivity contribution in [2.45, 2.75) is 32.2 Å². The van der Waals surface area contributed by atoms with Gasteiger partial charge in [-0.25, -0.2) is 22.5 Å². The van der Waals surface area contributed by atoms with Crippen molar-refractivity contribution in [2.75, 3.05) is 5.75 Å². The van der Waals surface area contributed by atoms with E-state index in [0.717, 1.165) is 5.39 Å². The number of nitrogens with zero attached hydrogens (tertiary/aromatic N) is 2. The molecule has 2 N–H and O–H groups in total. The summed E-state index contributed by atoms with van der Waals surface area (Å²) in [5, 5.41) is 1.35. The molecule has 6 rings (SSSR count). The fourth-order valence-corrected chi connectivity index (χ4v) is 9.50. The molecule has 0 saturated carbocycles. The first-order valence-electron chi connectivity index (χ1n) is 13.8. The van der Waals surface area contributed by atoms with Gasteiger partial charge >= 0.3 is 0 Å². The van der Waals surface area contributed by atoms with Crippen molar-refractivity contribution in [2.24, 2.45) is 0 Å². The molecule has 2 aromatic carbocycles. The van der Waals surface area contributed by atoms with Crippen LogP contribution >= 0.6 is 11.6 Å². The van der Waals surface area contributed by atoms with Crippen LogP contribution in [0.2, 0.25) is 30.8 Å². The molecule has 9 nitrogen and oxygen atoms in total. The zero-order valence-electron chi connectivity index (χ0n) is 24.1. The van der Waals surface area contributed by atoms with Crippen LogP contribution in [0, 0.1) is 5.82 Å². The number of H-pyrrole nitrogens is 1. The standard InChI is InChI=1S/C31H28ClFN4O5SSi/c1-44(2,3)14-13-43(40,41)36-31(39)27-25(21-8-6-11-34-30(21)38)26-24(16-22(33)20-10-12-42-28(20)26)37(27)17-19-15-18-7-4-5-9-23(18)35-29(19)32/h4-12,15-16H,13-14,17H2,1-3H3,(H,34,38)(H,36,39). The number of furan rings is 1. The van der Waals surface area contributed by atoms with E-state index in [9.17, 15) is 18.0 Å². The van der Waals surface area contributed by atoms with Crippen molar-refractivity contribution in [3.8, 4) is 11.1 Å². The third kappa shape index (κ3) is 5.56. The molecule has 6 aromatic rings. The van der Waals surface area contributed by atoms with E-state index in [1.54, 1.807) is 12.1 Å². The number of carbonyl (C=O) groups excluding carboxylic acids is 1. The first-order valence-corrected chi connectivity index (χ1v) is 19.6. The lowest BCUT2D eigenvalue weighted by Crippen LogP contribution is -2.36. The van der Waals surface area contributed by atoms with Gasteiger partial charge in [0.05, 0.1) is 45.9 Å². The summed E-state index contributed by atoms with van der Waals surface area (Å²) in [6, 6.07) is 15.4. The van der Waals surface area contributed by atoms with Crippen LogP contribution < -0.4 is 10.3 Å². The smallest absolute Gasteiger partial charge is 0.282 e. The van der Waals surface area contributed by atoms with Gasteiger partial charge in [0.2, 0.25) is 10.0 Å². The molecule has 0 atom stereocenters. The average molecular weight is 651 g/mol. The van der Waals surface area contributed by atoms with Gasteiger partial charge in [-0.15, -0.1) is 0 Å². The van der Waals surface area contributed by atoms with Crippen molar-refractivity contribution in [3.63, 3.8) is 0 Å². The Morgan fingerprint density at radius 2 is 1.91 bits per heavy atom. The van der Waals surface area contributed by atoms with E-state index in [2.05, 4.69) is 14.7 Å². The van der Waals surface area contributed by atoms with E-state index in [1.807, 2.05) is 43.9 Å². The van der Waals surface area contributed by atoms with Crippen molar-refractivity contribution in [1.82, 2.24) is 19.3 Å². The summed E-state index contributed by atoms with van der Waals surface area (Å²) in [6.07, 6.45) is 2.75. The number of halogens is 2. The SMILES string of the molecule is C[Si](C)(C)CCS(=O)(=O)NC(=O)c1c(-c2ccc[nH]c2=O)c2c3occc3c(F)cc2n1Cc1cc2ccccc2nc1Cl. The van der Waals surface area contributed by atoms with E-state index in [0.29, 0.717) is 17.1 Å². The second-order valence-corrected chi connectivity index (χ2v) is 19.7. The Morgan fingerprint density at radius 3 is 2.66 bits per heavy atom. The van der Waals surface area contributed by atoms with Crippen molar-refractivity contribution in [3.05, 3.63) is 99.6 Å². The van der Waals surface area contributed by atoms with Gasteiger partial charge in [0.1, 0.15) is 22.2 Å². The van der Waals surface area contributed by atoms with E-state index < -0.39 is 35.4 Å². The molecule has 4 heterocycles. The number of benzene rings is 2. The lowest BCUT2D eigenvalue weighted by Gasteiger charge is -2.17. The number of carbonyl (C=O) groups is 1. The Kier molecular flexibility index (Phi) is 7.46. The minimum atomic E-state index is -4.08. The number of aromatic amines is 1. The maximum atomic E-state index is 15.5. The number of hydrogen-bond donors (Lipinski definition) is 2. The molecule has 0 aliphatic heterocycles. The summed E-state index contributed by atoms with van der Waals surface area (Å²) in [7, 11) is -5.85. The lowest BCUT2D eigenvalue weighted by molar-refractivity contribution is 0.0974. The number of fused-ring (bicyclic) bond motifs is 4. The number of hydrogen-bond acceptors (Lipinski definition) is 6. The number of para-hydroxylation sites is 1. The Hall–Kier alpha value is -4.26. The number of aromatic nitrogens is 3. The van der Waals surface area contributed by atoms with Crippen LogP contribution in [0.25, 0.3) is 43.9 Å². The van der Waals surface area contributed by atoms with E-state index in [-0.39, 0.29) is 56.1 Å². The number of sulfonamides is 1. The summed E-state index contributed by atoms with van der Waals surface area (Å²) in [5.74, 6) is -1.83. The molecule has 4 aromatic heterocycles. The molecular weight excluding hydrogens is 623 g/mol. The largest absolute Gasteiger partial charge is 0.463 e. The normalized spacial score (nSPS) is 12.4. The molecule has 0 fully saturated rings. The molecule has 13 heteroatoms. The zero-order valence-corrected chi connectivity index (χ0v) is 26.6. The van der Waals surface area contributed by atoms with E-state index in [4.69, 9.17) is 16.0 Å². The van der Waals surface area contributed by atoms with Gasteiger partial charge in [0.15, 0.2) is 0 Å². The highest BCUT2D eigenvalue weighted by atomic mass is 35.5. The molecule has 0 unspecified atom stereocenters. The Balaban J connectivity index is 1.65. The van der Waals surface area contributed by atoms with Crippen molar-refractivity contribution >= 4 is 68.4 Å². The van der Waals surface area contributed by atoms with Crippen molar-refractivity contribution < 1.29 is 22.0 Å². The highest BCUT2D eigenvalue weighted by Crippen LogP contribution is 2.40. The molecule has 0 aliphatic carbocycles. The third-order valence-electron chi connectivity index (χ3n) is 7.47.